The van der Waals surface area contributed by atoms with Crippen molar-refractivity contribution in [2.45, 2.75) is 47.0 Å². The summed E-state index contributed by atoms with van der Waals surface area (Å²) in [7, 11) is 0. The molecule has 0 aliphatic carbocycles. The van der Waals surface area contributed by atoms with E-state index in [1.807, 2.05) is 52.0 Å². The Morgan fingerprint density at radius 1 is 1.27 bits per heavy atom. The third-order valence-electron chi connectivity index (χ3n) is 2.88. The molecule has 0 aromatic heterocycles. The molecule has 5 nitrogen and oxygen atoms in total. The summed E-state index contributed by atoms with van der Waals surface area (Å²) >= 11 is 5.51. The van der Waals surface area contributed by atoms with Gasteiger partial charge in [-0.3, -0.25) is 4.79 Å². The molecule has 0 atom stereocenters. The van der Waals surface area contributed by atoms with Crippen LogP contribution in [0.1, 0.15) is 47.0 Å². The number of nitrogens with one attached hydrogen (secondary N) is 1. The zero-order valence-corrected chi connectivity index (χ0v) is 20.9. The lowest BCUT2D eigenvalue weighted by molar-refractivity contribution is -0.136. The normalized spacial score (nSPS) is 11.5. The number of carboxylic acids is 1. The maximum atomic E-state index is 10.8. The second kappa shape index (κ2) is 31.1. The molecule has 0 aromatic carbocycles. The quantitative estimate of drug-likeness (QED) is 0.0859. The van der Waals surface area contributed by atoms with E-state index in [2.05, 4.69) is 28.7 Å². The standard InChI is InChI=1S/C21H27ClN2O3.C3H5F.C2H6/c1-3-5-7-8-9-10-11-17-23-21(24-18-12-16-22)27-19(13-6-4-2)14-15-20(25)26;1-2-3-4;1-2/h3,5-6,10-14,16H,4,7,15,17-18H2,1-2H3,(H,23,24)(H,25,26);2H,1,3H2;1-2H3/b5-3-,11-10+,13-6-,16-12+,19-14+;;. The first-order valence-corrected chi connectivity index (χ1v) is 11.2. The van der Waals surface area contributed by atoms with Crippen LogP contribution in [0.5, 0.6) is 0 Å². The van der Waals surface area contributed by atoms with Gasteiger partial charge in [0.1, 0.15) is 12.4 Å². The van der Waals surface area contributed by atoms with E-state index >= 15 is 0 Å². The fourth-order valence-corrected chi connectivity index (χ4v) is 1.62. The number of aliphatic imine (C=N–C) groups is 1. The molecule has 0 heterocycles. The van der Waals surface area contributed by atoms with Crippen LogP contribution in [0.25, 0.3) is 0 Å². The van der Waals surface area contributed by atoms with Crippen molar-refractivity contribution in [1.29, 1.82) is 0 Å². The largest absolute Gasteiger partial charge is 0.481 e. The van der Waals surface area contributed by atoms with Crippen molar-refractivity contribution in [2.75, 3.05) is 19.8 Å². The lowest BCUT2D eigenvalue weighted by atomic mass is 10.3. The molecule has 2 N–H and O–H groups in total. The van der Waals surface area contributed by atoms with Crippen LogP contribution in [0.3, 0.4) is 0 Å². The molecule has 0 aliphatic heterocycles. The second-order valence-electron chi connectivity index (χ2n) is 5.45. The Bertz CT molecular complexity index is 728. The lowest BCUT2D eigenvalue weighted by Gasteiger charge is -2.10. The number of alkyl halides is 1. The number of hydrogen-bond donors (Lipinski definition) is 2. The van der Waals surface area contributed by atoms with E-state index in [1.54, 1.807) is 18.2 Å². The molecular formula is C26H38ClFN2O3. The van der Waals surface area contributed by atoms with Gasteiger partial charge in [0.2, 0.25) is 0 Å². The molecule has 0 radical (unpaired) electrons. The van der Waals surface area contributed by atoms with Crippen LogP contribution in [-0.2, 0) is 9.53 Å². The predicted octanol–water partition coefficient (Wildman–Crippen LogP) is 6.72. The molecule has 0 saturated carbocycles. The zero-order valence-electron chi connectivity index (χ0n) is 20.2. The topological polar surface area (TPSA) is 70.9 Å². The molecule has 0 aromatic rings. The Labute approximate surface area is 204 Å². The van der Waals surface area contributed by atoms with Gasteiger partial charge >= 0.3 is 5.97 Å². The van der Waals surface area contributed by atoms with E-state index in [9.17, 15) is 9.18 Å². The van der Waals surface area contributed by atoms with Crippen LogP contribution >= 0.6 is 11.6 Å². The smallest absolute Gasteiger partial charge is 0.307 e. The molecule has 0 rings (SSSR count). The minimum absolute atomic E-state index is 0.139. The monoisotopic (exact) mass is 480 g/mol. The number of allylic oxidation sites excluding steroid dienone is 6. The van der Waals surface area contributed by atoms with Crippen molar-refractivity contribution in [3.63, 3.8) is 0 Å². The fraction of sp³-hybridized carbons (Fsp3) is 0.385. The summed E-state index contributed by atoms with van der Waals surface area (Å²) in [5.41, 5.74) is 1.37. The minimum atomic E-state index is -0.933. The third-order valence-corrected chi connectivity index (χ3v) is 3.06. The van der Waals surface area contributed by atoms with Crippen molar-refractivity contribution >= 4 is 23.6 Å². The minimum Gasteiger partial charge on any atom is -0.481 e. The summed E-state index contributed by atoms with van der Waals surface area (Å²) in [6, 6.07) is 0.272. The first-order chi connectivity index (χ1) is 16.0. The van der Waals surface area contributed by atoms with Gasteiger partial charge in [-0.2, -0.15) is 0 Å². The van der Waals surface area contributed by atoms with Gasteiger partial charge in [0, 0.05) is 18.5 Å². The molecule has 33 heavy (non-hydrogen) atoms. The third kappa shape index (κ3) is 31.2. The molecule has 0 bridgehead atoms. The Balaban J connectivity index is -0.00000134. The summed E-state index contributed by atoms with van der Waals surface area (Å²) in [4.78, 5) is 15.0. The first kappa shape index (κ1) is 34.6. The van der Waals surface area contributed by atoms with Crippen molar-refractivity contribution in [3.05, 3.63) is 72.6 Å². The van der Waals surface area contributed by atoms with Gasteiger partial charge in [-0.05, 0) is 31.6 Å². The highest BCUT2D eigenvalue weighted by molar-refractivity contribution is 6.25. The highest BCUT2D eigenvalue weighted by Crippen LogP contribution is 2.04. The van der Waals surface area contributed by atoms with E-state index in [-0.39, 0.29) is 12.4 Å². The van der Waals surface area contributed by atoms with E-state index in [4.69, 9.17) is 21.4 Å². The van der Waals surface area contributed by atoms with Crippen molar-refractivity contribution in [3.8, 4) is 11.8 Å². The first-order valence-electron chi connectivity index (χ1n) is 10.8. The molecule has 0 fully saturated rings. The highest BCUT2D eigenvalue weighted by Gasteiger charge is 2.03. The van der Waals surface area contributed by atoms with Gasteiger partial charge in [-0.25, -0.2) is 9.38 Å². The van der Waals surface area contributed by atoms with E-state index in [1.165, 1.54) is 17.7 Å². The van der Waals surface area contributed by atoms with Crippen LogP contribution in [-0.4, -0.2) is 36.9 Å². The molecule has 7 heteroatoms. The Hall–Kier alpha value is -3.04. The van der Waals surface area contributed by atoms with Gasteiger partial charge in [0.15, 0.2) is 0 Å². The number of aliphatic carboxylic acids is 1. The number of hydrogen-bond acceptors (Lipinski definition) is 3. The number of rotatable bonds is 11. The van der Waals surface area contributed by atoms with Crippen LogP contribution in [0.15, 0.2) is 77.5 Å². The number of carboxylic acid groups (broad SMARTS) is 1. The van der Waals surface area contributed by atoms with Gasteiger partial charge in [-0.1, -0.05) is 80.7 Å². The Morgan fingerprint density at radius 3 is 2.52 bits per heavy atom. The van der Waals surface area contributed by atoms with Crippen LogP contribution in [0.2, 0.25) is 0 Å². The number of carbonyl (C=O) groups is 1. The maximum Gasteiger partial charge on any atom is 0.307 e. The summed E-state index contributed by atoms with van der Waals surface area (Å²) in [5.74, 6) is 5.40. The van der Waals surface area contributed by atoms with Gasteiger partial charge in [0.05, 0.1) is 13.0 Å². The average molecular weight is 481 g/mol. The number of amidine groups is 1. The summed E-state index contributed by atoms with van der Waals surface area (Å²) < 4.78 is 16.3. The Morgan fingerprint density at radius 2 is 1.97 bits per heavy atom. The van der Waals surface area contributed by atoms with Crippen LogP contribution < -0.4 is 5.32 Å². The highest BCUT2D eigenvalue weighted by atomic mass is 35.5. The van der Waals surface area contributed by atoms with Gasteiger partial charge in [0.25, 0.3) is 6.02 Å². The van der Waals surface area contributed by atoms with Gasteiger partial charge in [-0.15, -0.1) is 6.58 Å². The summed E-state index contributed by atoms with van der Waals surface area (Å²) in [6.45, 7) is 11.4. The average Bonchev–Trinajstić information content (AvgIpc) is 2.83. The second-order valence-corrected chi connectivity index (χ2v) is 5.70. The lowest BCUT2D eigenvalue weighted by Crippen LogP contribution is -2.26. The maximum absolute atomic E-state index is 10.8. The fourth-order valence-electron chi connectivity index (χ4n) is 1.54. The van der Waals surface area contributed by atoms with Crippen LogP contribution in [0.4, 0.5) is 4.39 Å². The SMILES string of the molecule is C/C=C\CC#C/C=C/CNC(=NC/C=C/Cl)OC(/C=C\CC)=C/CC(=O)O.C=CCF.CC. The predicted molar refractivity (Wildman–Crippen MR) is 140 cm³/mol. The van der Waals surface area contributed by atoms with E-state index < -0.39 is 12.6 Å². The molecule has 0 saturated heterocycles. The van der Waals surface area contributed by atoms with Crippen LogP contribution in [0, 0.1) is 11.8 Å². The van der Waals surface area contributed by atoms with E-state index in [0.29, 0.717) is 18.8 Å². The number of ether oxygens (including phenoxy) is 1. The molecule has 0 aliphatic rings. The van der Waals surface area contributed by atoms with Crippen molar-refractivity contribution in [1.82, 2.24) is 5.32 Å². The van der Waals surface area contributed by atoms with E-state index in [0.717, 1.165) is 12.8 Å². The number of halogens is 2. The molecule has 0 unspecified atom stereocenters. The van der Waals surface area contributed by atoms with Crippen molar-refractivity contribution < 1.29 is 19.0 Å². The molecular weight excluding hydrogens is 443 g/mol. The van der Waals surface area contributed by atoms with Crippen molar-refractivity contribution in [2.24, 2.45) is 4.99 Å². The summed E-state index contributed by atoms with van der Waals surface area (Å²) in [6.07, 6.45) is 16.9. The number of nitrogens with zero attached hydrogens (tertiary/aromatic N) is 1. The molecule has 0 spiro atoms. The van der Waals surface area contributed by atoms with Gasteiger partial charge < -0.3 is 15.2 Å². The molecule has 184 valence electrons. The Kier molecular flexibility index (Phi) is 32.6. The summed E-state index contributed by atoms with van der Waals surface area (Å²) in [5, 5.41) is 11.9. The molecule has 0 amide bonds. The zero-order chi connectivity index (χ0) is 25.6.